The summed E-state index contributed by atoms with van der Waals surface area (Å²) >= 11 is 2.39. The number of anilines is 1. The normalized spacial score (nSPS) is 12.1. The molecule has 0 saturated heterocycles. The van der Waals surface area contributed by atoms with Crippen LogP contribution in [0, 0.1) is 0 Å². The predicted octanol–water partition coefficient (Wildman–Crippen LogP) is 1.00. The van der Waals surface area contributed by atoms with Crippen LogP contribution in [0.2, 0.25) is 0 Å². The van der Waals surface area contributed by atoms with E-state index in [2.05, 4.69) is 10.2 Å². The molecule has 0 fully saturated rings. The second-order valence-corrected chi connectivity index (χ2v) is 7.31. The van der Waals surface area contributed by atoms with Crippen LogP contribution in [0.4, 0.5) is 5.13 Å². The Bertz CT molecular complexity index is 590. The van der Waals surface area contributed by atoms with Gasteiger partial charge in [0.05, 0.1) is 0 Å². The van der Waals surface area contributed by atoms with Crippen molar-refractivity contribution in [2.24, 2.45) is 0 Å². The average molecular weight is 290 g/mol. The topological polar surface area (TPSA) is 89.2 Å². The van der Waals surface area contributed by atoms with Crippen LogP contribution in [0.5, 0.6) is 0 Å². The highest BCUT2D eigenvalue weighted by atomic mass is 32.2. The van der Waals surface area contributed by atoms with Gasteiger partial charge in [0.25, 0.3) is 10.0 Å². The van der Waals surface area contributed by atoms with Crippen molar-refractivity contribution in [2.45, 2.75) is 10.9 Å². The summed E-state index contributed by atoms with van der Waals surface area (Å²) in [6.45, 7) is 0.311. The first-order chi connectivity index (χ1) is 8.00. The number of rotatable bonds is 4. The first-order valence-electron chi connectivity index (χ1n) is 4.56. The van der Waals surface area contributed by atoms with E-state index in [0.29, 0.717) is 6.54 Å². The number of sulfonamides is 1. The number of nitrogen functional groups attached to an aromatic ring is 1. The molecule has 0 bridgehead atoms. The van der Waals surface area contributed by atoms with Crippen molar-refractivity contribution in [2.75, 3.05) is 12.8 Å². The molecule has 2 heterocycles. The zero-order valence-electron chi connectivity index (χ0n) is 8.90. The van der Waals surface area contributed by atoms with Crippen molar-refractivity contribution in [1.29, 1.82) is 0 Å². The molecule has 2 aromatic heterocycles. The summed E-state index contributed by atoms with van der Waals surface area (Å²) in [5.41, 5.74) is 6.32. The molecule has 0 saturated carbocycles. The highest BCUT2D eigenvalue weighted by molar-refractivity contribution is 7.91. The number of nitrogens with two attached hydrogens (primary N) is 1. The SMILES string of the molecule is CN(Cc1ccsc1)S(=O)(=O)c1nnc(N)s1. The molecule has 0 unspecified atom stereocenters. The molecule has 0 radical (unpaired) electrons. The van der Waals surface area contributed by atoms with Crippen molar-refractivity contribution in [1.82, 2.24) is 14.5 Å². The molecule has 0 aromatic carbocycles. The van der Waals surface area contributed by atoms with Crippen LogP contribution in [0.3, 0.4) is 0 Å². The van der Waals surface area contributed by atoms with E-state index >= 15 is 0 Å². The Hall–Kier alpha value is -1.03. The Labute approximate surface area is 107 Å². The summed E-state index contributed by atoms with van der Waals surface area (Å²) in [7, 11) is -2.09. The Morgan fingerprint density at radius 3 is 2.76 bits per heavy atom. The summed E-state index contributed by atoms with van der Waals surface area (Å²) in [6.07, 6.45) is 0. The third-order valence-corrected chi connectivity index (χ3v) is 5.67. The highest BCUT2D eigenvalue weighted by Crippen LogP contribution is 2.21. The van der Waals surface area contributed by atoms with Gasteiger partial charge in [-0.15, -0.1) is 10.2 Å². The number of nitrogens with zero attached hydrogens (tertiary/aromatic N) is 3. The quantitative estimate of drug-likeness (QED) is 0.907. The van der Waals surface area contributed by atoms with Gasteiger partial charge in [0.2, 0.25) is 9.47 Å². The molecular formula is C8H10N4O2S3. The molecule has 0 amide bonds. The van der Waals surface area contributed by atoms with E-state index in [1.807, 2.05) is 16.8 Å². The molecular weight excluding hydrogens is 280 g/mol. The van der Waals surface area contributed by atoms with Crippen molar-refractivity contribution < 1.29 is 8.42 Å². The summed E-state index contributed by atoms with van der Waals surface area (Å²) in [4.78, 5) is 0. The molecule has 92 valence electrons. The smallest absolute Gasteiger partial charge is 0.272 e. The molecule has 2 aromatic rings. The Morgan fingerprint density at radius 2 is 2.24 bits per heavy atom. The van der Waals surface area contributed by atoms with Gasteiger partial charge in [0.1, 0.15) is 0 Å². The van der Waals surface area contributed by atoms with E-state index in [1.165, 1.54) is 22.7 Å². The first kappa shape index (κ1) is 12.4. The molecule has 2 rings (SSSR count). The Kier molecular flexibility index (Phi) is 3.43. The number of hydrogen-bond donors (Lipinski definition) is 1. The van der Waals surface area contributed by atoms with Crippen LogP contribution in [0.15, 0.2) is 21.2 Å². The standard InChI is InChI=1S/C8H10N4O2S3/c1-12(4-6-2-3-15-5-6)17(13,14)8-11-10-7(9)16-8/h2-3,5H,4H2,1H3,(H2,9,10). The first-order valence-corrected chi connectivity index (χ1v) is 7.76. The maximum Gasteiger partial charge on any atom is 0.272 e. The third-order valence-electron chi connectivity index (χ3n) is 2.04. The molecule has 17 heavy (non-hydrogen) atoms. The zero-order chi connectivity index (χ0) is 12.5. The molecule has 6 nitrogen and oxygen atoms in total. The summed E-state index contributed by atoms with van der Waals surface area (Å²) in [6, 6.07) is 1.88. The van der Waals surface area contributed by atoms with Gasteiger partial charge in [0, 0.05) is 13.6 Å². The fourth-order valence-electron chi connectivity index (χ4n) is 1.18. The Balaban J connectivity index is 2.21. The van der Waals surface area contributed by atoms with E-state index in [4.69, 9.17) is 5.73 Å². The second kappa shape index (κ2) is 4.69. The average Bonchev–Trinajstić information content (AvgIpc) is 2.89. The highest BCUT2D eigenvalue weighted by Gasteiger charge is 2.25. The fourth-order valence-corrected chi connectivity index (χ4v) is 3.97. The lowest BCUT2D eigenvalue weighted by molar-refractivity contribution is 0.466. The largest absolute Gasteiger partial charge is 0.374 e. The molecule has 0 atom stereocenters. The molecule has 0 aliphatic carbocycles. The lowest BCUT2D eigenvalue weighted by Crippen LogP contribution is -2.26. The van der Waals surface area contributed by atoms with Crippen LogP contribution in [0.1, 0.15) is 5.56 Å². The van der Waals surface area contributed by atoms with E-state index in [-0.39, 0.29) is 9.47 Å². The monoisotopic (exact) mass is 290 g/mol. The van der Waals surface area contributed by atoms with Gasteiger partial charge in [-0.2, -0.15) is 15.6 Å². The van der Waals surface area contributed by atoms with Gasteiger partial charge in [-0.3, -0.25) is 0 Å². The summed E-state index contributed by atoms with van der Waals surface area (Å²) in [5, 5.41) is 11.0. The van der Waals surface area contributed by atoms with Gasteiger partial charge >= 0.3 is 0 Å². The van der Waals surface area contributed by atoms with Crippen molar-refractivity contribution in [3.05, 3.63) is 22.4 Å². The summed E-state index contributed by atoms with van der Waals surface area (Å²) < 4.78 is 25.3. The second-order valence-electron chi connectivity index (χ2n) is 3.30. The van der Waals surface area contributed by atoms with Crippen LogP contribution in [0.25, 0.3) is 0 Å². The number of thiophene rings is 1. The van der Waals surface area contributed by atoms with Gasteiger partial charge in [0.15, 0.2) is 0 Å². The lowest BCUT2D eigenvalue weighted by atomic mass is 10.3. The van der Waals surface area contributed by atoms with Gasteiger partial charge in [-0.05, 0) is 22.4 Å². The molecule has 0 spiro atoms. The minimum Gasteiger partial charge on any atom is -0.374 e. The molecule has 0 aliphatic rings. The maximum absolute atomic E-state index is 12.1. The molecule has 9 heteroatoms. The van der Waals surface area contributed by atoms with Gasteiger partial charge < -0.3 is 5.73 Å². The van der Waals surface area contributed by atoms with Crippen molar-refractivity contribution in [3.63, 3.8) is 0 Å². The Morgan fingerprint density at radius 1 is 1.47 bits per heavy atom. The van der Waals surface area contributed by atoms with E-state index in [9.17, 15) is 8.42 Å². The third kappa shape index (κ3) is 2.63. The number of aromatic nitrogens is 2. The minimum atomic E-state index is -3.59. The minimum absolute atomic E-state index is 0.0762. The lowest BCUT2D eigenvalue weighted by Gasteiger charge is -2.13. The van der Waals surface area contributed by atoms with E-state index in [0.717, 1.165) is 16.9 Å². The summed E-state index contributed by atoms with van der Waals surface area (Å²) in [5.74, 6) is 0. The predicted molar refractivity (Wildman–Crippen MR) is 67.3 cm³/mol. The molecule has 2 N–H and O–H groups in total. The van der Waals surface area contributed by atoms with Crippen LogP contribution < -0.4 is 5.73 Å². The zero-order valence-corrected chi connectivity index (χ0v) is 11.3. The molecule has 0 aliphatic heterocycles. The van der Waals surface area contributed by atoms with E-state index in [1.54, 1.807) is 0 Å². The van der Waals surface area contributed by atoms with Crippen LogP contribution in [-0.2, 0) is 16.6 Å². The van der Waals surface area contributed by atoms with Crippen LogP contribution >= 0.6 is 22.7 Å². The van der Waals surface area contributed by atoms with E-state index < -0.39 is 10.0 Å². The van der Waals surface area contributed by atoms with Gasteiger partial charge in [-0.1, -0.05) is 11.3 Å². The van der Waals surface area contributed by atoms with Crippen molar-refractivity contribution in [3.8, 4) is 0 Å². The van der Waals surface area contributed by atoms with Crippen molar-refractivity contribution >= 4 is 37.8 Å². The van der Waals surface area contributed by atoms with Crippen LogP contribution in [-0.4, -0.2) is 30.0 Å². The number of hydrogen-bond acceptors (Lipinski definition) is 7. The maximum atomic E-state index is 12.1. The fraction of sp³-hybridized carbons (Fsp3) is 0.250. The van der Waals surface area contributed by atoms with Gasteiger partial charge in [-0.25, -0.2) is 8.42 Å².